The molecule has 0 saturated heterocycles. The predicted molar refractivity (Wildman–Crippen MR) is 76.6 cm³/mol. The number of hydrogen-bond acceptors (Lipinski definition) is 3. The highest BCUT2D eigenvalue weighted by atomic mass is 15.2. The Morgan fingerprint density at radius 1 is 1.33 bits per heavy atom. The molecule has 3 heteroatoms. The number of rotatable bonds is 5. The lowest BCUT2D eigenvalue weighted by atomic mass is 10.1. The van der Waals surface area contributed by atoms with Crippen LogP contribution in [0.5, 0.6) is 0 Å². The minimum atomic E-state index is 0.570. The molecule has 0 aromatic carbocycles. The van der Waals surface area contributed by atoms with Crippen molar-refractivity contribution in [3.8, 4) is 0 Å². The summed E-state index contributed by atoms with van der Waals surface area (Å²) in [5, 5.41) is 0. The molecule has 2 rings (SSSR count). The van der Waals surface area contributed by atoms with Gasteiger partial charge in [-0.15, -0.1) is 0 Å². The zero-order valence-corrected chi connectivity index (χ0v) is 11.6. The fourth-order valence-electron chi connectivity index (χ4n) is 2.75. The Kier molecular flexibility index (Phi) is 4.59. The van der Waals surface area contributed by atoms with E-state index in [2.05, 4.69) is 35.9 Å². The Morgan fingerprint density at radius 2 is 2.06 bits per heavy atom. The molecule has 0 spiro atoms. The van der Waals surface area contributed by atoms with Crippen LogP contribution < -0.4 is 10.6 Å². The first-order valence-electron chi connectivity index (χ1n) is 7.12. The minimum Gasteiger partial charge on any atom is -0.353 e. The fourth-order valence-corrected chi connectivity index (χ4v) is 2.75. The zero-order chi connectivity index (χ0) is 13.0. The summed E-state index contributed by atoms with van der Waals surface area (Å²) in [6.45, 7) is 6.22. The molecule has 3 nitrogen and oxygen atoms in total. The summed E-state index contributed by atoms with van der Waals surface area (Å²) < 4.78 is 0. The number of hydrogen-bond donors (Lipinski definition) is 1. The van der Waals surface area contributed by atoms with Crippen LogP contribution in [0.15, 0.2) is 18.3 Å². The molecule has 2 N–H and O–H groups in total. The van der Waals surface area contributed by atoms with Gasteiger partial charge in [-0.3, -0.25) is 0 Å². The van der Waals surface area contributed by atoms with Gasteiger partial charge in [0.25, 0.3) is 0 Å². The van der Waals surface area contributed by atoms with Crippen LogP contribution in [0.3, 0.4) is 0 Å². The van der Waals surface area contributed by atoms with Gasteiger partial charge in [-0.05, 0) is 30.4 Å². The van der Waals surface area contributed by atoms with Crippen LogP contribution in [0.4, 0.5) is 5.82 Å². The second-order valence-corrected chi connectivity index (χ2v) is 5.71. The number of aromatic nitrogens is 1. The van der Waals surface area contributed by atoms with E-state index in [1.54, 1.807) is 0 Å². The lowest BCUT2D eigenvalue weighted by Crippen LogP contribution is -2.36. The summed E-state index contributed by atoms with van der Waals surface area (Å²) in [6.07, 6.45) is 7.26. The van der Waals surface area contributed by atoms with E-state index in [-0.39, 0.29) is 0 Å². The minimum absolute atomic E-state index is 0.570. The highest BCUT2D eigenvalue weighted by Gasteiger charge is 2.24. The second kappa shape index (κ2) is 6.19. The molecule has 0 amide bonds. The van der Waals surface area contributed by atoms with Crippen molar-refractivity contribution < 1.29 is 0 Å². The summed E-state index contributed by atoms with van der Waals surface area (Å²) in [4.78, 5) is 7.09. The Labute approximate surface area is 110 Å². The van der Waals surface area contributed by atoms with Crippen LogP contribution in [0.1, 0.15) is 45.1 Å². The van der Waals surface area contributed by atoms with Crippen molar-refractivity contribution in [1.82, 2.24) is 4.98 Å². The highest BCUT2D eigenvalue weighted by Crippen LogP contribution is 2.27. The Morgan fingerprint density at radius 3 is 2.56 bits per heavy atom. The number of pyridine rings is 1. The summed E-state index contributed by atoms with van der Waals surface area (Å²) in [7, 11) is 0. The molecule has 1 fully saturated rings. The van der Waals surface area contributed by atoms with E-state index < -0.39 is 0 Å². The van der Waals surface area contributed by atoms with Crippen LogP contribution in [0.25, 0.3) is 0 Å². The maximum Gasteiger partial charge on any atom is 0.128 e. The number of nitrogens with two attached hydrogens (primary N) is 1. The highest BCUT2D eigenvalue weighted by molar-refractivity contribution is 5.41. The van der Waals surface area contributed by atoms with E-state index in [9.17, 15) is 0 Å². The van der Waals surface area contributed by atoms with Crippen molar-refractivity contribution in [2.24, 2.45) is 11.7 Å². The van der Waals surface area contributed by atoms with Gasteiger partial charge in [0.15, 0.2) is 0 Å². The lowest BCUT2D eigenvalue weighted by molar-refractivity contribution is 0.531. The fraction of sp³-hybridized carbons (Fsp3) is 0.667. The predicted octanol–water partition coefficient (Wildman–Crippen LogP) is 2.95. The maximum atomic E-state index is 5.63. The molecule has 1 heterocycles. The summed E-state index contributed by atoms with van der Waals surface area (Å²) >= 11 is 0. The van der Waals surface area contributed by atoms with Crippen LogP contribution >= 0.6 is 0 Å². The van der Waals surface area contributed by atoms with E-state index in [0.29, 0.717) is 18.5 Å². The molecule has 0 atom stereocenters. The van der Waals surface area contributed by atoms with Gasteiger partial charge < -0.3 is 10.6 Å². The monoisotopic (exact) mass is 247 g/mol. The van der Waals surface area contributed by atoms with E-state index in [0.717, 1.165) is 17.9 Å². The average molecular weight is 247 g/mol. The van der Waals surface area contributed by atoms with E-state index in [4.69, 9.17) is 5.73 Å². The van der Waals surface area contributed by atoms with Crippen LogP contribution in [-0.2, 0) is 6.54 Å². The lowest BCUT2D eigenvalue weighted by Gasteiger charge is -2.31. The zero-order valence-electron chi connectivity index (χ0n) is 11.6. The molecule has 1 aliphatic carbocycles. The van der Waals surface area contributed by atoms with Gasteiger partial charge in [0.2, 0.25) is 0 Å². The van der Waals surface area contributed by atoms with Gasteiger partial charge in [-0.1, -0.05) is 32.8 Å². The normalized spacial score (nSPS) is 16.4. The van der Waals surface area contributed by atoms with Crippen molar-refractivity contribution in [3.63, 3.8) is 0 Å². The molecule has 100 valence electrons. The van der Waals surface area contributed by atoms with Gasteiger partial charge in [0.1, 0.15) is 5.82 Å². The topological polar surface area (TPSA) is 42.1 Å². The molecular formula is C15H25N3. The quantitative estimate of drug-likeness (QED) is 0.870. The van der Waals surface area contributed by atoms with Crippen LogP contribution in [0.2, 0.25) is 0 Å². The van der Waals surface area contributed by atoms with Crippen molar-refractivity contribution in [3.05, 3.63) is 23.9 Å². The summed E-state index contributed by atoms with van der Waals surface area (Å²) in [5.74, 6) is 1.79. The molecule has 1 aliphatic rings. The summed E-state index contributed by atoms with van der Waals surface area (Å²) in [5.41, 5.74) is 6.73. The van der Waals surface area contributed by atoms with Crippen LogP contribution in [-0.4, -0.2) is 17.6 Å². The third-order valence-corrected chi connectivity index (χ3v) is 3.67. The first-order chi connectivity index (χ1) is 8.70. The first kappa shape index (κ1) is 13.3. The van der Waals surface area contributed by atoms with E-state index >= 15 is 0 Å². The Hall–Kier alpha value is -1.09. The standard InChI is InChI=1S/C15H25N3/c1-12(2)11-18(14-5-3-4-6-14)15-8-7-13(9-16)10-17-15/h7-8,10,12,14H,3-6,9,11,16H2,1-2H3. The van der Waals surface area contributed by atoms with Crippen molar-refractivity contribution in [2.75, 3.05) is 11.4 Å². The smallest absolute Gasteiger partial charge is 0.128 e. The molecule has 0 aliphatic heterocycles. The molecule has 1 saturated carbocycles. The second-order valence-electron chi connectivity index (χ2n) is 5.71. The van der Waals surface area contributed by atoms with E-state index in [1.165, 1.54) is 25.7 Å². The number of anilines is 1. The third-order valence-electron chi connectivity index (χ3n) is 3.67. The molecule has 0 radical (unpaired) electrons. The average Bonchev–Trinajstić information content (AvgIpc) is 2.89. The van der Waals surface area contributed by atoms with Gasteiger partial charge >= 0.3 is 0 Å². The van der Waals surface area contributed by atoms with Crippen molar-refractivity contribution >= 4 is 5.82 Å². The van der Waals surface area contributed by atoms with Gasteiger partial charge in [-0.2, -0.15) is 0 Å². The third kappa shape index (κ3) is 3.22. The molecule has 1 aromatic heterocycles. The number of nitrogens with zero attached hydrogens (tertiary/aromatic N) is 2. The summed E-state index contributed by atoms with van der Waals surface area (Å²) in [6, 6.07) is 4.91. The van der Waals surface area contributed by atoms with Gasteiger partial charge in [0.05, 0.1) is 0 Å². The molecule has 1 aromatic rings. The van der Waals surface area contributed by atoms with Gasteiger partial charge in [-0.25, -0.2) is 4.98 Å². The molecule has 18 heavy (non-hydrogen) atoms. The SMILES string of the molecule is CC(C)CN(c1ccc(CN)cn1)C1CCCC1. The van der Waals surface area contributed by atoms with Crippen molar-refractivity contribution in [1.29, 1.82) is 0 Å². The molecular weight excluding hydrogens is 222 g/mol. The van der Waals surface area contributed by atoms with E-state index in [1.807, 2.05) is 6.20 Å². The molecule has 0 bridgehead atoms. The maximum absolute atomic E-state index is 5.63. The Bertz CT molecular complexity index is 353. The van der Waals surface area contributed by atoms with Gasteiger partial charge in [0, 0.05) is 25.3 Å². The molecule has 0 unspecified atom stereocenters. The Balaban J connectivity index is 2.15. The first-order valence-corrected chi connectivity index (χ1v) is 7.12. The van der Waals surface area contributed by atoms with Crippen molar-refractivity contribution in [2.45, 2.75) is 52.1 Å². The van der Waals surface area contributed by atoms with Crippen LogP contribution in [0, 0.1) is 5.92 Å². The largest absolute Gasteiger partial charge is 0.353 e.